The topological polar surface area (TPSA) is 36.4 Å². The molecule has 2 aromatic rings. The van der Waals surface area contributed by atoms with Crippen molar-refractivity contribution in [3.8, 4) is 0 Å². The highest BCUT2D eigenvalue weighted by molar-refractivity contribution is 5.80. The molecule has 5 rings (SSSR count). The highest BCUT2D eigenvalue weighted by Crippen LogP contribution is 2.46. The number of carbonyl (C=O) groups excluding carboxylic acids is 1. The van der Waals surface area contributed by atoms with Crippen molar-refractivity contribution in [2.45, 2.75) is 51.6 Å². The van der Waals surface area contributed by atoms with Gasteiger partial charge in [0, 0.05) is 44.2 Å². The van der Waals surface area contributed by atoms with E-state index in [4.69, 9.17) is 0 Å². The summed E-state index contributed by atoms with van der Waals surface area (Å²) in [7, 11) is 0. The normalized spacial score (nSPS) is 27.4. The van der Waals surface area contributed by atoms with Crippen molar-refractivity contribution in [3.63, 3.8) is 0 Å². The Balaban J connectivity index is 1.36. The third-order valence-corrected chi connectivity index (χ3v) is 7.61. The van der Waals surface area contributed by atoms with E-state index in [1.54, 1.807) is 0 Å². The van der Waals surface area contributed by atoms with E-state index in [2.05, 4.69) is 58.1 Å². The molecular formula is C26H33N3O. The summed E-state index contributed by atoms with van der Waals surface area (Å²) in [6.45, 7) is 6.10. The molecule has 4 heteroatoms. The molecule has 0 N–H and O–H groups in total. The summed E-state index contributed by atoms with van der Waals surface area (Å²) >= 11 is 0. The lowest BCUT2D eigenvalue weighted by Gasteiger charge is -2.33. The average molecular weight is 404 g/mol. The Bertz CT molecular complexity index is 877. The maximum Gasteiger partial charge on any atom is 0.226 e. The van der Waals surface area contributed by atoms with Gasteiger partial charge in [0.1, 0.15) is 0 Å². The van der Waals surface area contributed by atoms with Crippen molar-refractivity contribution in [3.05, 3.63) is 65.5 Å². The fraction of sp³-hybridized carbons (Fsp3) is 0.538. The minimum absolute atomic E-state index is 0.223. The first-order valence-electron chi connectivity index (χ1n) is 11.7. The number of benzene rings is 1. The van der Waals surface area contributed by atoms with E-state index < -0.39 is 0 Å². The van der Waals surface area contributed by atoms with Crippen LogP contribution in [0, 0.1) is 24.7 Å². The van der Waals surface area contributed by atoms with Crippen LogP contribution in [0.3, 0.4) is 0 Å². The molecule has 0 spiro atoms. The fourth-order valence-electron chi connectivity index (χ4n) is 6.05. The molecule has 1 aliphatic carbocycles. The van der Waals surface area contributed by atoms with E-state index in [1.165, 1.54) is 36.1 Å². The zero-order valence-electron chi connectivity index (χ0n) is 18.0. The Morgan fingerprint density at radius 3 is 2.57 bits per heavy atom. The van der Waals surface area contributed by atoms with Crippen LogP contribution in [0.4, 0.5) is 0 Å². The van der Waals surface area contributed by atoms with Crippen molar-refractivity contribution in [1.29, 1.82) is 0 Å². The number of pyridine rings is 1. The predicted molar refractivity (Wildman–Crippen MR) is 119 cm³/mol. The molecular weight excluding hydrogens is 370 g/mol. The summed E-state index contributed by atoms with van der Waals surface area (Å²) in [4.78, 5) is 23.0. The number of fused-ring (bicyclic) bond motifs is 1. The quantitative estimate of drug-likeness (QED) is 0.748. The Labute approximate surface area is 180 Å². The standard InChI is InChI=1S/C26H33N3O/c1-19-9-8-14-27-24(19)18-28-15-22-16-29(26(30)21-12-6-3-7-13-21)25(23(22)17-28)20-10-4-2-5-11-20/h2,4-5,8-11,14,21-23,25H,3,6-7,12-13,15-18H2,1H3/t22-,23-,25+/m0/s1. The van der Waals surface area contributed by atoms with Gasteiger partial charge in [0.25, 0.3) is 0 Å². The van der Waals surface area contributed by atoms with Crippen molar-refractivity contribution < 1.29 is 4.79 Å². The molecule has 0 radical (unpaired) electrons. The lowest BCUT2D eigenvalue weighted by molar-refractivity contribution is -0.138. The van der Waals surface area contributed by atoms with Crippen LogP contribution < -0.4 is 0 Å². The monoisotopic (exact) mass is 403 g/mol. The van der Waals surface area contributed by atoms with E-state index in [-0.39, 0.29) is 12.0 Å². The van der Waals surface area contributed by atoms with Gasteiger partial charge in [0.15, 0.2) is 0 Å². The molecule has 3 fully saturated rings. The third kappa shape index (κ3) is 3.78. The molecule has 4 nitrogen and oxygen atoms in total. The van der Waals surface area contributed by atoms with Gasteiger partial charge in [-0.15, -0.1) is 0 Å². The Morgan fingerprint density at radius 1 is 1.00 bits per heavy atom. The first-order chi connectivity index (χ1) is 14.7. The molecule has 1 saturated carbocycles. The van der Waals surface area contributed by atoms with E-state index in [1.807, 2.05) is 12.3 Å². The zero-order valence-corrected chi connectivity index (χ0v) is 18.0. The summed E-state index contributed by atoms with van der Waals surface area (Å²) < 4.78 is 0. The summed E-state index contributed by atoms with van der Waals surface area (Å²) in [5.74, 6) is 1.75. The molecule has 2 aliphatic heterocycles. The van der Waals surface area contributed by atoms with E-state index in [0.717, 1.165) is 39.0 Å². The van der Waals surface area contributed by atoms with Crippen molar-refractivity contribution in [2.24, 2.45) is 17.8 Å². The second kappa shape index (κ2) is 8.50. The maximum atomic E-state index is 13.5. The lowest BCUT2D eigenvalue weighted by Crippen LogP contribution is -2.39. The Morgan fingerprint density at radius 2 is 1.80 bits per heavy atom. The number of likely N-dealkylation sites (tertiary alicyclic amines) is 2. The summed E-state index contributed by atoms with van der Waals surface area (Å²) in [6, 6.07) is 15.1. The lowest BCUT2D eigenvalue weighted by atomic mass is 9.87. The average Bonchev–Trinajstić information content (AvgIpc) is 3.33. The molecule has 0 bridgehead atoms. The van der Waals surface area contributed by atoms with Crippen LogP contribution in [-0.4, -0.2) is 40.3 Å². The zero-order chi connectivity index (χ0) is 20.5. The van der Waals surface area contributed by atoms with Crippen LogP contribution in [0.2, 0.25) is 0 Å². The molecule has 3 atom stereocenters. The van der Waals surface area contributed by atoms with Crippen LogP contribution >= 0.6 is 0 Å². The molecule has 1 aromatic carbocycles. The van der Waals surface area contributed by atoms with Gasteiger partial charge in [-0.05, 0) is 42.9 Å². The van der Waals surface area contributed by atoms with Crippen LogP contribution in [0.25, 0.3) is 0 Å². The Kier molecular flexibility index (Phi) is 5.60. The van der Waals surface area contributed by atoms with Gasteiger partial charge in [-0.1, -0.05) is 55.7 Å². The van der Waals surface area contributed by atoms with E-state index in [9.17, 15) is 4.79 Å². The largest absolute Gasteiger partial charge is 0.335 e. The van der Waals surface area contributed by atoms with Crippen LogP contribution in [0.15, 0.2) is 48.7 Å². The summed E-state index contributed by atoms with van der Waals surface area (Å²) in [5, 5.41) is 0. The van der Waals surface area contributed by atoms with Crippen molar-refractivity contribution in [2.75, 3.05) is 19.6 Å². The van der Waals surface area contributed by atoms with Gasteiger partial charge in [-0.2, -0.15) is 0 Å². The smallest absolute Gasteiger partial charge is 0.226 e. The van der Waals surface area contributed by atoms with Crippen molar-refractivity contribution >= 4 is 5.91 Å². The number of amides is 1. The van der Waals surface area contributed by atoms with Gasteiger partial charge in [0.05, 0.1) is 11.7 Å². The SMILES string of the molecule is Cc1cccnc1CN1C[C@H]2CN(C(=O)C3CCCCC3)[C@H](c3ccccc3)[C@H]2C1. The van der Waals surface area contributed by atoms with E-state index in [0.29, 0.717) is 17.7 Å². The van der Waals surface area contributed by atoms with Crippen LogP contribution in [0.1, 0.15) is 55.0 Å². The number of aryl methyl sites for hydroxylation is 1. The minimum Gasteiger partial charge on any atom is -0.335 e. The summed E-state index contributed by atoms with van der Waals surface area (Å²) in [6.07, 6.45) is 7.78. The Hall–Kier alpha value is -2.20. The maximum absolute atomic E-state index is 13.5. The van der Waals surface area contributed by atoms with Gasteiger partial charge in [-0.3, -0.25) is 14.7 Å². The molecule has 1 amide bonds. The number of carbonyl (C=O) groups is 1. The molecule has 2 saturated heterocycles. The molecule has 0 unspecified atom stereocenters. The number of hydrogen-bond donors (Lipinski definition) is 0. The first-order valence-corrected chi connectivity index (χ1v) is 11.7. The first kappa shape index (κ1) is 19.7. The van der Waals surface area contributed by atoms with Gasteiger partial charge in [-0.25, -0.2) is 0 Å². The second-order valence-corrected chi connectivity index (χ2v) is 9.57. The van der Waals surface area contributed by atoms with Gasteiger partial charge < -0.3 is 4.90 Å². The number of nitrogens with zero attached hydrogens (tertiary/aromatic N) is 3. The van der Waals surface area contributed by atoms with Gasteiger partial charge >= 0.3 is 0 Å². The van der Waals surface area contributed by atoms with Crippen molar-refractivity contribution in [1.82, 2.24) is 14.8 Å². The predicted octanol–water partition coefficient (Wildman–Crippen LogP) is 4.60. The highest BCUT2D eigenvalue weighted by Gasteiger charge is 2.49. The number of aromatic nitrogens is 1. The molecule has 3 heterocycles. The molecule has 1 aromatic heterocycles. The molecule has 30 heavy (non-hydrogen) atoms. The number of rotatable bonds is 4. The fourth-order valence-corrected chi connectivity index (χ4v) is 6.05. The highest BCUT2D eigenvalue weighted by atomic mass is 16.2. The van der Waals surface area contributed by atoms with Crippen LogP contribution in [-0.2, 0) is 11.3 Å². The molecule has 3 aliphatic rings. The van der Waals surface area contributed by atoms with E-state index >= 15 is 0 Å². The summed E-state index contributed by atoms with van der Waals surface area (Å²) in [5.41, 5.74) is 3.76. The van der Waals surface area contributed by atoms with Crippen LogP contribution in [0.5, 0.6) is 0 Å². The number of hydrogen-bond acceptors (Lipinski definition) is 3. The molecule has 158 valence electrons. The minimum atomic E-state index is 0.223. The second-order valence-electron chi connectivity index (χ2n) is 9.57. The van der Waals surface area contributed by atoms with Gasteiger partial charge in [0.2, 0.25) is 5.91 Å². The third-order valence-electron chi connectivity index (χ3n) is 7.61.